The van der Waals surface area contributed by atoms with Crippen LogP contribution in [0.5, 0.6) is 0 Å². The van der Waals surface area contributed by atoms with Crippen molar-refractivity contribution in [3.8, 4) is 0 Å². The van der Waals surface area contributed by atoms with Gasteiger partial charge < -0.3 is 4.98 Å². The van der Waals surface area contributed by atoms with Crippen molar-refractivity contribution in [2.45, 2.75) is 18.2 Å². The van der Waals surface area contributed by atoms with E-state index in [-0.39, 0.29) is 14.9 Å². The molecule has 0 aliphatic carbocycles. The summed E-state index contributed by atoms with van der Waals surface area (Å²) in [5.74, 6) is 0. The molecule has 0 amide bonds. The Morgan fingerprint density at radius 3 is 2.43 bits per heavy atom. The SMILES string of the molecule is CCc1c[nH]c2ccc([N]S(=O)(=O)c3cc(Cl)cc(Cl)c3)cc12. The van der Waals surface area contributed by atoms with E-state index in [1.807, 2.05) is 19.2 Å². The van der Waals surface area contributed by atoms with Crippen LogP contribution in [0, 0.1) is 0 Å². The Kier molecular flexibility index (Phi) is 4.27. The van der Waals surface area contributed by atoms with Crippen molar-refractivity contribution >= 4 is 49.8 Å². The average Bonchev–Trinajstić information content (AvgIpc) is 2.88. The van der Waals surface area contributed by atoms with Gasteiger partial charge in [0.2, 0.25) is 0 Å². The highest BCUT2D eigenvalue weighted by atomic mass is 35.5. The van der Waals surface area contributed by atoms with E-state index < -0.39 is 10.0 Å². The van der Waals surface area contributed by atoms with E-state index in [2.05, 4.69) is 9.71 Å². The van der Waals surface area contributed by atoms with Gasteiger partial charge in [0, 0.05) is 27.1 Å². The Bertz CT molecular complexity index is 961. The molecule has 23 heavy (non-hydrogen) atoms. The first-order valence-electron chi connectivity index (χ1n) is 6.93. The standard InChI is InChI=1S/C16H13Cl2N2O2S/c1-2-10-9-19-16-4-3-13(8-15(10)16)20-23(21,22)14-6-11(17)5-12(18)7-14/h3-9,19H,2H2,1H3. The molecule has 1 aromatic heterocycles. The summed E-state index contributed by atoms with van der Waals surface area (Å²) in [5.41, 5.74) is 2.42. The second kappa shape index (κ2) is 6.07. The number of benzene rings is 2. The van der Waals surface area contributed by atoms with Gasteiger partial charge in [0.05, 0.1) is 10.6 Å². The maximum absolute atomic E-state index is 12.4. The van der Waals surface area contributed by atoms with Crippen LogP contribution in [0.3, 0.4) is 0 Å². The van der Waals surface area contributed by atoms with Gasteiger partial charge in [0.1, 0.15) is 0 Å². The molecule has 2 aromatic carbocycles. The molecule has 0 aliphatic heterocycles. The van der Waals surface area contributed by atoms with Gasteiger partial charge in [-0.25, -0.2) is 0 Å². The first-order valence-corrected chi connectivity index (χ1v) is 9.13. The van der Waals surface area contributed by atoms with Crippen molar-refractivity contribution in [2.24, 2.45) is 0 Å². The first-order chi connectivity index (χ1) is 10.9. The summed E-state index contributed by atoms with van der Waals surface area (Å²) < 4.78 is 28.8. The van der Waals surface area contributed by atoms with Crippen molar-refractivity contribution < 1.29 is 8.42 Å². The lowest BCUT2D eigenvalue weighted by Gasteiger charge is -2.06. The molecular weight excluding hydrogens is 355 g/mol. The number of hydrogen-bond acceptors (Lipinski definition) is 2. The van der Waals surface area contributed by atoms with Gasteiger partial charge in [-0.15, -0.1) is 0 Å². The third-order valence-electron chi connectivity index (χ3n) is 3.49. The van der Waals surface area contributed by atoms with Crippen molar-refractivity contribution in [3.63, 3.8) is 0 Å². The molecule has 0 atom stereocenters. The maximum Gasteiger partial charge on any atom is 0.282 e. The summed E-state index contributed by atoms with van der Waals surface area (Å²) in [4.78, 5) is 3.12. The Morgan fingerprint density at radius 2 is 1.78 bits per heavy atom. The van der Waals surface area contributed by atoms with Gasteiger partial charge >= 0.3 is 0 Å². The second-order valence-electron chi connectivity index (χ2n) is 5.07. The molecule has 4 nitrogen and oxygen atoms in total. The number of aromatic nitrogens is 1. The third-order valence-corrected chi connectivity index (χ3v) is 5.21. The summed E-state index contributed by atoms with van der Waals surface area (Å²) >= 11 is 11.7. The fourth-order valence-electron chi connectivity index (χ4n) is 2.38. The molecule has 3 rings (SSSR count). The molecule has 1 radical (unpaired) electrons. The number of fused-ring (bicyclic) bond motifs is 1. The molecule has 0 saturated carbocycles. The number of nitrogens with one attached hydrogen (secondary N) is 1. The van der Waals surface area contributed by atoms with Crippen LogP contribution >= 0.6 is 23.2 Å². The third kappa shape index (κ3) is 3.32. The van der Waals surface area contributed by atoms with Crippen molar-refractivity contribution in [2.75, 3.05) is 0 Å². The normalized spacial score (nSPS) is 11.8. The minimum atomic E-state index is -3.88. The van der Waals surface area contributed by atoms with Crippen LogP contribution in [-0.2, 0) is 16.4 Å². The van der Waals surface area contributed by atoms with Gasteiger partial charge in [-0.1, -0.05) is 30.1 Å². The number of H-pyrrole nitrogens is 1. The van der Waals surface area contributed by atoms with Gasteiger partial charge in [-0.05, 0) is 48.4 Å². The van der Waals surface area contributed by atoms with Crippen LogP contribution in [-0.4, -0.2) is 13.4 Å². The highest BCUT2D eigenvalue weighted by Crippen LogP contribution is 2.27. The molecule has 0 unspecified atom stereocenters. The Morgan fingerprint density at radius 1 is 1.09 bits per heavy atom. The van der Waals surface area contributed by atoms with Crippen molar-refractivity contribution in [3.05, 3.63) is 58.2 Å². The number of aryl methyl sites for hydroxylation is 1. The van der Waals surface area contributed by atoms with Crippen LogP contribution in [0.4, 0.5) is 5.69 Å². The van der Waals surface area contributed by atoms with Crippen molar-refractivity contribution in [1.29, 1.82) is 0 Å². The van der Waals surface area contributed by atoms with Crippen LogP contribution in [0.15, 0.2) is 47.5 Å². The number of rotatable bonds is 4. The molecule has 0 spiro atoms. The van der Waals surface area contributed by atoms with Crippen LogP contribution in [0.1, 0.15) is 12.5 Å². The van der Waals surface area contributed by atoms with E-state index >= 15 is 0 Å². The highest BCUT2D eigenvalue weighted by Gasteiger charge is 2.18. The van der Waals surface area contributed by atoms with Gasteiger partial charge in [0.25, 0.3) is 10.0 Å². The van der Waals surface area contributed by atoms with Gasteiger partial charge in [0.15, 0.2) is 0 Å². The molecule has 7 heteroatoms. The molecule has 0 bridgehead atoms. The lowest BCUT2D eigenvalue weighted by atomic mass is 10.1. The van der Waals surface area contributed by atoms with Gasteiger partial charge in [-0.3, -0.25) is 0 Å². The molecular formula is C16H13Cl2N2O2S. The van der Waals surface area contributed by atoms with E-state index in [1.165, 1.54) is 18.2 Å². The Labute approximate surface area is 144 Å². The quantitative estimate of drug-likeness (QED) is 0.728. The zero-order chi connectivity index (χ0) is 16.6. The monoisotopic (exact) mass is 367 g/mol. The van der Waals surface area contributed by atoms with E-state index in [9.17, 15) is 8.42 Å². The van der Waals surface area contributed by atoms with Crippen LogP contribution in [0.25, 0.3) is 10.9 Å². The molecule has 3 aromatic rings. The Hall–Kier alpha value is -1.69. The summed E-state index contributed by atoms with van der Waals surface area (Å²) in [6.07, 6.45) is 2.76. The maximum atomic E-state index is 12.4. The molecule has 1 heterocycles. The molecule has 0 fully saturated rings. The number of hydrogen-bond donors (Lipinski definition) is 1. The predicted octanol–water partition coefficient (Wildman–Crippen LogP) is 4.66. The van der Waals surface area contributed by atoms with E-state index in [0.29, 0.717) is 5.69 Å². The first kappa shape index (κ1) is 16.2. The van der Waals surface area contributed by atoms with E-state index in [0.717, 1.165) is 22.9 Å². The Balaban J connectivity index is 1.99. The van der Waals surface area contributed by atoms with Crippen LogP contribution in [0.2, 0.25) is 10.0 Å². The molecule has 0 saturated heterocycles. The summed E-state index contributed by atoms with van der Waals surface area (Å²) in [7, 11) is -3.88. The number of sulfonamides is 1. The predicted molar refractivity (Wildman–Crippen MR) is 93.1 cm³/mol. The lowest BCUT2D eigenvalue weighted by molar-refractivity contribution is 0.590. The minimum Gasteiger partial charge on any atom is -0.361 e. The van der Waals surface area contributed by atoms with Crippen molar-refractivity contribution in [1.82, 2.24) is 9.71 Å². The highest BCUT2D eigenvalue weighted by molar-refractivity contribution is 7.89. The summed E-state index contributed by atoms with van der Waals surface area (Å²) in [6.45, 7) is 2.04. The lowest BCUT2D eigenvalue weighted by Crippen LogP contribution is -2.11. The molecule has 1 N–H and O–H groups in total. The summed E-state index contributed by atoms with van der Waals surface area (Å²) in [5, 5.41) is 1.47. The van der Waals surface area contributed by atoms with Crippen LogP contribution < -0.4 is 4.72 Å². The zero-order valence-electron chi connectivity index (χ0n) is 12.2. The largest absolute Gasteiger partial charge is 0.361 e. The number of aromatic amines is 1. The van der Waals surface area contributed by atoms with E-state index in [1.54, 1.807) is 12.1 Å². The number of halogens is 2. The van der Waals surface area contributed by atoms with Gasteiger partial charge in [-0.2, -0.15) is 13.1 Å². The second-order valence-corrected chi connectivity index (χ2v) is 7.55. The zero-order valence-corrected chi connectivity index (χ0v) is 14.5. The summed E-state index contributed by atoms with van der Waals surface area (Å²) in [6, 6.07) is 9.36. The molecule has 0 aliphatic rings. The number of nitrogens with zero attached hydrogens (tertiary/aromatic N) is 1. The topological polar surface area (TPSA) is 64.0 Å². The smallest absolute Gasteiger partial charge is 0.282 e. The fourth-order valence-corrected chi connectivity index (χ4v) is 4.09. The van der Waals surface area contributed by atoms with E-state index in [4.69, 9.17) is 23.2 Å². The minimum absolute atomic E-state index is 0.0279. The fraction of sp³-hybridized carbons (Fsp3) is 0.125. The molecule has 119 valence electrons. The average molecular weight is 368 g/mol.